The quantitative estimate of drug-likeness (QED) is 0.847. The maximum atomic E-state index is 11.8. The fourth-order valence-corrected chi connectivity index (χ4v) is 2.47. The molecular formula is C15H20N2O2. The van der Waals surface area contributed by atoms with Gasteiger partial charge in [-0.15, -0.1) is 0 Å². The molecule has 1 fully saturated rings. The molecule has 4 nitrogen and oxygen atoms in total. The summed E-state index contributed by atoms with van der Waals surface area (Å²) in [6.45, 7) is 5.54. The Balaban J connectivity index is 1.91. The molecule has 2 amide bonds. The first-order valence-electron chi connectivity index (χ1n) is 6.70. The number of hydrogen-bond acceptors (Lipinski definition) is 2. The van der Waals surface area contributed by atoms with Crippen molar-refractivity contribution in [3.63, 3.8) is 0 Å². The van der Waals surface area contributed by atoms with E-state index in [1.54, 1.807) is 4.90 Å². The van der Waals surface area contributed by atoms with E-state index in [-0.39, 0.29) is 18.2 Å². The number of carbonyl (C=O) groups is 2. The third kappa shape index (κ3) is 3.81. The lowest BCUT2D eigenvalue weighted by Gasteiger charge is -2.15. The second-order valence-electron chi connectivity index (χ2n) is 5.19. The van der Waals surface area contributed by atoms with Gasteiger partial charge < -0.3 is 10.2 Å². The molecule has 0 aliphatic carbocycles. The second kappa shape index (κ2) is 5.87. The summed E-state index contributed by atoms with van der Waals surface area (Å²) in [6, 6.07) is 5.86. The van der Waals surface area contributed by atoms with Crippen LogP contribution in [0.4, 0.5) is 5.69 Å². The van der Waals surface area contributed by atoms with Crippen LogP contribution in [0.1, 0.15) is 30.4 Å². The molecule has 1 saturated heterocycles. The third-order valence-corrected chi connectivity index (χ3v) is 3.28. The molecule has 1 aromatic carbocycles. The Hall–Kier alpha value is -1.84. The van der Waals surface area contributed by atoms with Gasteiger partial charge in [0.2, 0.25) is 11.8 Å². The van der Waals surface area contributed by atoms with Gasteiger partial charge in [-0.25, -0.2) is 0 Å². The van der Waals surface area contributed by atoms with Crippen molar-refractivity contribution in [1.29, 1.82) is 0 Å². The number of amides is 2. The number of benzene rings is 1. The number of carbonyl (C=O) groups excluding carboxylic acids is 2. The van der Waals surface area contributed by atoms with Crippen molar-refractivity contribution in [2.45, 2.75) is 33.1 Å². The molecule has 1 aliphatic rings. The monoisotopic (exact) mass is 260 g/mol. The van der Waals surface area contributed by atoms with E-state index in [9.17, 15) is 9.59 Å². The van der Waals surface area contributed by atoms with E-state index < -0.39 is 0 Å². The molecule has 0 bridgehead atoms. The van der Waals surface area contributed by atoms with Crippen LogP contribution in [0.15, 0.2) is 18.2 Å². The summed E-state index contributed by atoms with van der Waals surface area (Å²) in [6.07, 6.45) is 2.03. The third-order valence-electron chi connectivity index (χ3n) is 3.28. The molecule has 1 heterocycles. The number of aryl methyl sites for hydroxylation is 2. The average molecular weight is 260 g/mol. The molecule has 0 saturated carbocycles. The Labute approximate surface area is 113 Å². The zero-order valence-corrected chi connectivity index (χ0v) is 11.5. The van der Waals surface area contributed by atoms with E-state index in [1.165, 1.54) is 0 Å². The van der Waals surface area contributed by atoms with Crippen LogP contribution in [0.3, 0.4) is 0 Å². The lowest BCUT2D eigenvalue weighted by atomic mass is 10.1. The van der Waals surface area contributed by atoms with Gasteiger partial charge in [-0.2, -0.15) is 0 Å². The lowest BCUT2D eigenvalue weighted by molar-refractivity contribution is -0.133. The van der Waals surface area contributed by atoms with Crippen molar-refractivity contribution >= 4 is 17.5 Å². The SMILES string of the molecule is Cc1cc(C)cc(NC(=O)CC(=O)N2CCCC2)c1. The summed E-state index contributed by atoms with van der Waals surface area (Å²) < 4.78 is 0. The van der Waals surface area contributed by atoms with Crippen LogP contribution in [-0.2, 0) is 9.59 Å². The normalized spacial score (nSPS) is 14.5. The van der Waals surface area contributed by atoms with E-state index in [1.807, 2.05) is 32.0 Å². The van der Waals surface area contributed by atoms with Crippen molar-refractivity contribution in [3.8, 4) is 0 Å². The van der Waals surface area contributed by atoms with Gasteiger partial charge in [0, 0.05) is 18.8 Å². The molecular weight excluding hydrogens is 240 g/mol. The summed E-state index contributed by atoms with van der Waals surface area (Å²) in [5, 5.41) is 2.79. The average Bonchev–Trinajstić information content (AvgIpc) is 2.80. The molecule has 102 valence electrons. The fourth-order valence-electron chi connectivity index (χ4n) is 2.47. The Kier molecular flexibility index (Phi) is 4.20. The van der Waals surface area contributed by atoms with E-state index in [0.717, 1.165) is 42.7 Å². The van der Waals surface area contributed by atoms with Crippen LogP contribution in [0.2, 0.25) is 0 Å². The molecule has 1 aliphatic heterocycles. The Bertz CT molecular complexity index is 471. The van der Waals surface area contributed by atoms with Gasteiger partial charge >= 0.3 is 0 Å². The van der Waals surface area contributed by atoms with E-state index in [4.69, 9.17) is 0 Å². The Morgan fingerprint density at radius 1 is 1.11 bits per heavy atom. The van der Waals surface area contributed by atoms with E-state index in [0.29, 0.717) is 0 Å². The molecule has 19 heavy (non-hydrogen) atoms. The summed E-state index contributed by atoms with van der Waals surface area (Å²) >= 11 is 0. The van der Waals surface area contributed by atoms with Crippen LogP contribution in [0.25, 0.3) is 0 Å². The van der Waals surface area contributed by atoms with Gasteiger partial charge in [-0.1, -0.05) is 6.07 Å². The van der Waals surface area contributed by atoms with E-state index in [2.05, 4.69) is 5.32 Å². The van der Waals surface area contributed by atoms with Crippen molar-refractivity contribution in [1.82, 2.24) is 4.90 Å². The first-order valence-corrected chi connectivity index (χ1v) is 6.70. The zero-order chi connectivity index (χ0) is 13.8. The molecule has 0 spiro atoms. The molecule has 1 aromatic rings. The van der Waals surface area contributed by atoms with Crippen LogP contribution >= 0.6 is 0 Å². The van der Waals surface area contributed by atoms with Gasteiger partial charge in [0.15, 0.2) is 0 Å². The molecule has 2 rings (SSSR count). The van der Waals surface area contributed by atoms with Gasteiger partial charge in [0.1, 0.15) is 6.42 Å². The minimum Gasteiger partial charge on any atom is -0.342 e. The zero-order valence-electron chi connectivity index (χ0n) is 11.5. The van der Waals surface area contributed by atoms with Crippen LogP contribution in [-0.4, -0.2) is 29.8 Å². The first-order chi connectivity index (χ1) is 9.04. The van der Waals surface area contributed by atoms with E-state index >= 15 is 0 Å². The number of nitrogens with zero attached hydrogens (tertiary/aromatic N) is 1. The number of nitrogens with one attached hydrogen (secondary N) is 1. The lowest BCUT2D eigenvalue weighted by Crippen LogP contribution is -2.31. The summed E-state index contributed by atoms with van der Waals surface area (Å²) in [5.74, 6) is -0.304. The van der Waals surface area contributed by atoms with Gasteiger partial charge in [-0.05, 0) is 49.9 Å². The first kappa shape index (κ1) is 13.6. The standard InChI is InChI=1S/C15H20N2O2/c1-11-7-12(2)9-13(8-11)16-14(18)10-15(19)17-5-3-4-6-17/h7-9H,3-6,10H2,1-2H3,(H,16,18). The smallest absolute Gasteiger partial charge is 0.233 e. The van der Waals surface area contributed by atoms with Crippen molar-refractivity contribution < 1.29 is 9.59 Å². The second-order valence-corrected chi connectivity index (χ2v) is 5.19. The number of hydrogen-bond donors (Lipinski definition) is 1. The van der Waals surface area contributed by atoms with Gasteiger partial charge in [-0.3, -0.25) is 9.59 Å². The number of likely N-dealkylation sites (tertiary alicyclic amines) is 1. The number of anilines is 1. The molecule has 0 radical (unpaired) electrons. The highest BCUT2D eigenvalue weighted by Crippen LogP contribution is 2.14. The van der Waals surface area contributed by atoms with Crippen molar-refractivity contribution in [2.24, 2.45) is 0 Å². The highest BCUT2D eigenvalue weighted by Gasteiger charge is 2.20. The number of rotatable bonds is 3. The highest BCUT2D eigenvalue weighted by atomic mass is 16.2. The topological polar surface area (TPSA) is 49.4 Å². The van der Waals surface area contributed by atoms with Gasteiger partial charge in [0.05, 0.1) is 0 Å². The molecule has 4 heteroatoms. The largest absolute Gasteiger partial charge is 0.342 e. The maximum absolute atomic E-state index is 11.8. The predicted molar refractivity (Wildman–Crippen MR) is 75.0 cm³/mol. The van der Waals surface area contributed by atoms with Crippen molar-refractivity contribution in [3.05, 3.63) is 29.3 Å². The fraction of sp³-hybridized carbons (Fsp3) is 0.467. The summed E-state index contributed by atoms with van der Waals surface area (Å²) in [5.41, 5.74) is 2.96. The molecule has 0 unspecified atom stereocenters. The maximum Gasteiger partial charge on any atom is 0.233 e. The summed E-state index contributed by atoms with van der Waals surface area (Å²) in [7, 11) is 0. The van der Waals surface area contributed by atoms with Gasteiger partial charge in [0.25, 0.3) is 0 Å². The highest BCUT2D eigenvalue weighted by molar-refractivity contribution is 6.03. The predicted octanol–water partition coefficient (Wildman–Crippen LogP) is 2.25. The summed E-state index contributed by atoms with van der Waals surface area (Å²) in [4.78, 5) is 25.5. The Morgan fingerprint density at radius 3 is 2.26 bits per heavy atom. The van der Waals surface area contributed by atoms with Crippen LogP contribution in [0, 0.1) is 13.8 Å². The molecule has 0 atom stereocenters. The van der Waals surface area contributed by atoms with Crippen LogP contribution in [0.5, 0.6) is 0 Å². The minimum atomic E-state index is -0.234. The Morgan fingerprint density at radius 2 is 1.68 bits per heavy atom. The van der Waals surface area contributed by atoms with Crippen molar-refractivity contribution in [2.75, 3.05) is 18.4 Å². The van der Waals surface area contributed by atoms with Crippen LogP contribution < -0.4 is 5.32 Å². The minimum absolute atomic E-state index is 0.0625. The molecule has 1 N–H and O–H groups in total. The molecule has 0 aromatic heterocycles.